The summed E-state index contributed by atoms with van der Waals surface area (Å²) in [5.41, 5.74) is 0.322. The number of hydrogen-bond donors (Lipinski definition) is 2. The van der Waals surface area contributed by atoms with Crippen LogP contribution in [0.5, 0.6) is 0 Å². The van der Waals surface area contributed by atoms with Crippen LogP contribution in [0.25, 0.3) is 0 Å². The van der Waals surface area contributed by atoms with Crippen molar-refractivity contribution in [1.82, 2.24) is 24.7 Å². The van der Waals surface area contributed by atoms with Crippen molar-refractivity contribution < 1.29 is 66.5 Å². The number of benzene rings is 1. The number of nitrogens with one attached hydrogen (secondary N) is 2. The summed E-state index contributed by atoms with van der Waals surface area (Å²) in [6.45, 7) is -0.365. The van der Waals surface area contributed by atoms with Gasteiger partial charge in [0.2, 0.25) is 5.91 Å². The summed E-state index contributed by atoms with van der Waals surface area (Å²) >= 11 is 0. The van der Waals surface area contributed by atoms with Crippen LogP contribution in [0.3, 0.4) is 0 Å². The van der Waals surface area contributed by atoms with Crippen LogP contribution in [-0.4, -0.2) is 88.5 Å². The molecule has 3 fully saturated rings. The first kappa shape index (κ1) is 29.0. The molecule has 37 heavy (non-hydrogen) atoms. The fraction of sp³-hybridized carbons (Fsp3) is 0.500. The second-order valence-electron chi connectivity index (χ2n) is 8.93. The van der Waals surface area contributed by atoms with Gasteiger partial charge in [-0.1, -0.05) is 49.6 Å². The van der Waals surface area contributed by atoms with Crippen LogP contribution >= 0.6 is 0 Å². The van der Waals surface area contributed by atoms with E-state index in [0.29, 0.717) is 5.56 Å². The Labute approximate surface area is 236 Å². The van der Waals surface area contributed by atoms with E-state index in [1.807, 2.05) is 0 Å². The monoisotopic (exact) mass is 543 g/mol. The Hall–Kier alpha value is -2.52. The first-order valence-corrected chi connectivity index (χ1v) is 13.0. The smallest absolute Gasteiger partial charge is 0.731 e. The third-order valence-electron chi connectivity index (χ3n) is 6.66. The van der Waals surface area contributed by atoms with Crippen LogP contribution in [0.2, 0.25) is 0 Å². The Kier molecular flexibility index (Phi) is 9.34. The van der Waals surface area contributed by atoms with Gasteiger partial charge >= 0.3 is 47.4 Å². The molecular weight excluding hydrogens is 517 g/mol. The Morgan fingerprint density at radius 3 is 2.22 bits per heavy atom. The summed E-state index contributed by atoms with van der Waals surface area (Å²) in [4.78, 5) is 65.7. The van der Waals surface area contributed by atoms with Crippen molar-refractivity contribution in [3.8, 4) is 0 Å². The van der Waals surface area contributed by atoms with Gasteiger partial charge < -0.3 is 20.1 Å². The minimum absolute atomic E-state index is 0. The molecular formula is C22H26N5NaO8S. The first-order valence-electron chi connectivity index (χ1n) is 11.6. The first-order chi connectivity index (χ1) is 17.1. The number of carbonyl (C=O) groups is 5. The van der Waals surface area contributed by atoms with Gasteiger partial charge in [-0.25, -0.2) is 17.5 Å². The van der Waals surface area contributed by atoms with E-state index < -0.39 is 58.6 Å². The molecule has 6 amide bonds. The van der Waals surface area contributed by atoms with Crippen molar-refractivity contribution >= 4 is 40.0 Å². The number of nitrogens with zero attached hydrogens (tertiary/aromatic N) is 3. The predicted molar refractivity (Wildman–Crippen MR) is 121 cm³/mol. The summed E-state index contributed by atoms with van der Waals surface area (Å²) in [7, 11) is -4.98. The van der Waals surface area contributed by atoms with E-state index in [2.05, 4.69) is 10.6 Å². The molecule has 1 aliphatic carbocycles. The average molecular weight is 544 g/mol. The zero-order valence-corrected chi connectivity index (χ0v) is 23.1. The number of hydrogen-bond acceptors (Lipinski definition) is 8. The Balaban J connectivity index is 0.00000380. The molecule has 2 N–H and O–H groups in total. The van der Waals surface area contributed by atoms with Gasteiger partial charge in [0.1, 0.15) is 12.1 Å². The molecule has 1 saturated carbocycles. The molecule has 194 valence electrons. The van der Waals surface area contributed by atoms with Crippen molar-refractivity contribution in [3.63, 3.8) is 0 Å². The Bertz CT molecular complexity index is 1170. The largest absolute Gasteiger partial charge is 1.00 e. The molecule has 3 aliphatic rings. The summed E-state index contributed by atoms with van der Waals surface area (Å²) in [5, 5.41) is 4.75. The molecule has 0 aromatic heterocycles. The molecule has 15 heteroatoms. The number of rotatable bonds is 6. The van der Waals surface area contributed by atoms with E-state index in [-0.39, 0.29) is 53.0 Å². The van der Waals surface area contributed by atoms with Crippen molar-refractivity contribution in [2.75, 3.05) is 19.6 Å². The van der Waals surface area contributed by atoms with Crippen LogP contribution in [-0.2, 0) is 29.5 Å². The van der Waals surface area contributed by atoms with E-state index in [1.165, 1.54) is 17.0 Å². The van der Waals surface area contributed by atoms with Gasteiger partial charge in [0, 0.05) is 19.1 Å². The number of carbonyl (C=O) groups excluding carboxylic acids is 5. The fourth-order valence-corrected chi connectivity index (χ4v) is 5.37. The predicted octanol–water partition coefficient (Wildman–Crippen LogP) is -3.77. The molecule has 2 atom stereocenters. The Morgan fingerprint density at radius 1 is 0.973 bits per heavy atom. The van der Waals surface area contributed by atoms with Gasteiger partial charge in [-0.3, -0.25) is 24.1 Å². The van der Waals surface area contributed by atoms with E-state index in [9.17, 15) is 36.9 Å². The molecule has 4 rings (SSSR count). The van der Waals surface area contributed by atoms with Gasteiger partial charge in [0.05, 0.1) is 6.54 Å². The number of β-lactam (4-membered cyclic amide) rings is 1. The summed E-state index contributed by atoms with van der Waals surface area (Å²) in [6, 6.07) is 4.38. The standard InChI is InChI=1S/C22H27N5O8S.Na/c28-18(23-16-13-27(19(16)29)36(33,34)35)17(14-7-3-1-4-8-14)24-22(32)26-12-11-25(20(30)21(26)31)15-9-5-2-6-10-15;/h1,3-4,7-8,15-17H,2,5-6,9-13H2,(H,23,28)(H,24,32)(H,33,34,35);/q;+1/p-1. The minimum atomic E-state index is -4.98. The van der Waals surface area contributed by atoms with Gasteiger partial charge in [-0.2, -0.15) is 0 Å². The zero-order chi connectivity index (χ0) is 26.0. The normalized spacial score (nSPS) is 21.6. The zero-order valence-electron chi connectivity index (χ0n) is 20.3. The maximum Gasteiger partial charge on any atom is 1.00 e. The maximum absolute atomic E-state index is 13.0. The molecule has 2 unspecified atom stereocenters. The molecule has 0 radical (unpaired) electrons. The fourth-order valence-electron chi connectivity index (χ4n) is 4.69. The van der Waals surface area contributed by atoms with E-state index in [1.54, 1.807) is 18.2 Å². The molecule has 0 bridgehead atoms. The Morgan fingerprint density at radius 2 is 1.62 bits per heavy atom. The average Bonchev–Trinajstić information content (AvgIpc) is 2.86. The van der Waals surface area contributed by atoms with E-state index >= 15 is 0 Å². The number of amides is 6. The third kappa shape index (κ3) is 6.32. The van der Waals surface area contributed by atoms with Gasteiger partial charge in [-0.05, 0) is 18.4 Å². The van der Waals surface area contributed by atoms with Crippen LogP contribution < -0.4 is 40.2 Å². The molecule has 2 heterocycles. The van der Waals surface area contributed by atoms with Crippen LogP contribution in [0, 0.1) is 0 Å². The maximum atomic E-state index is 13.0. The van der Waals surface area contributed by atoms with Crippen molar-refractivity contribution in [2.24, 2.45) is 0 Å². The van der Waals surface area contributed by atoms with Crippen molar-refractivity contribution in [1.29, 1.82) is 0 Å². The van der Waals surface area contributed by atoms with Crippen LogP contribution in [0.1, 0.15) is 43.7 Å². The van der Waals surface area contributed by atoms with Crippen molar-refractivity contribution in [3.05, 3.63) is 35.9 Å². The van der Waals surface area contributed by atoms with Crippen molar-refractivity contribution in [2.45, 2.75) is 50.2 Å². The minimum Gasteiger partial charge on any atom is -0.731 e. The van der Waals surface area contributed by atoms with E-state index in [0.717, 1.165) is 37.0 Å². The van der Waals surface area contributed by atoms with Gasteiger partial charge in [0.15, 0.2) is 10.3 Å². The van der Waals surface area contributed by atoms with Gasteiger partial charge in [-0.15, -0.1) is 0 Å². The molecule has 0 spiro atoms. The summed E-state index contributed by atoms with van der Waals surface area (Å²) < 4.78 is 33.2. The number of urea groups is 1. The number of imide groups is 1. The quantitative estimate of drug-likeness (QED) is 0.159. The SMILES string of the molecule is O=C(NC1CN(S(=O)(=O)[O-])C1=O)C(NC(=O)N1CCN(C2CCCCC2)C(=O)C1=O)c1ccccc1.[Na+]. The summed E-state index contributed by atoms with van der Waals surface area (Å²) in [5.74, 6) is -3.68. The summed E-state index contributed by atoms with van der Waals surface area (Å²) in [6.07, 6.45) is 4.66. The van der Waals surface area contributed by atoms with Crippen LogP contribution in [0.15, 0.2) is 30.3 Å². The second kappa shape index (κ2) is 11.9. The number of piperazine rings is 1. The third-order valence-corrected chi connectivity index (χ3v) is 7.52. The van der Waals surface area contributed by atoms with E-state index in [4.69, 9.17) is 0 Å². The molecule has 2 aliphatic heterocycles. The molecule has 2 saturated heterocycles. The van der Waals surface area contributed by atoms with Gasteiger partial charge in [0.25, 0.3) is 5.91 Å². The molecule has 1 aromatic rings. The molecule has 1 aromatic carbocycles. The second-order valence-corrected chi connectivity index (χ2v) is 10.2. The van der Waals surface area contributed by atoms with Crippen LogP contribution in [0.4, 0.5) is 4.79 Å². The topological polar surface area (TPSA) is 176 Å². The molecule has 13 nitrogen and oxygen atoms in total.